The van der Waals surface area contributed by atoms with Crippen LogP contribution in [0.4, 0.5) is 10.2 Å². The van der Waals surface area contributed by atoms with Gasteiger partial charge in [0.2, 0.25) is 0 Å². The smallest absolute Gasteiger partial charge is 0.186 e. The monoisotopic (exact) mass is 249 g/mol. The van der Waals surface area contributed by atoms with E-state index in [1.54, 1.807) is 12.5 Å². The second kappa shape index (κ2) is 6.09. The minimum atomic E-state index is -0.345. The van der Waals surface area contributed by atoms with Gasteiger partial charge in [0.05, 0.1) is 12.0 Å². The van der Waals surface area contributed by atoms with E-state index in [4.69, 9.17) is 0 Å². The van der Waals surface area contributed by atoms with Crippen LogP contribution in [0, 0.1) is 5.82 Å². The molecule has 0 saturated carbocycles. The van der Waals surface area contributed by atoms with Crippen LogP contribution in [-0.4, -0.2) is 26.1 Å². The Morgan fingerprint density at radius 3 is 3.00 bits per heavy atom. The summed E-state index contributed by atoms with van der Waals surface area (Å²) in [6.07, 6.45) is 8.24. The predicted octanol–water partition coefficient (Wildman–Crippen LogP) is 1.88. The Kier molecular flexibility index (Phi) is 4.22. The van der Waals surface area contributed by atoms with Gasteiger partial charge in [-0.15, -0.1) is 0 Å². The van der Waals surface area contributed by atoms with Gasteiger partial charge in [-0.05, 0) is 12.8 Å². The number of hydrogen-bond donors (Lipinski definition) is 1. The lowest BCUT2D eigenvalue weighted by Gasteiger charge is -2.08. The summed E-state index contributed by atoms with van der Waals surface area (Å²) in [7, 11) is 0. The summed E-state index contributed by atoms with van der Waals surface area (Å²) in [4.78, 5) is 11.8. The Hall–Kier alpha value is -1.98. The lowest BCUT2D eigenvalue weighted by Crippen LogP contribution is -2.10. The number of anilines is 1. The van der Waals surface area contributed by atoms with E-state index in [0.717, 1.165) is 13.0 Å². The summed E-state index contributed by atoms with van der Waals surface area (Å²) in [5, 5.41) is 2.99. The van der Waals surface area contributed by atoms with Crippen LogP contribution in [0.5, 0.6) is 0 Å². The maximum atomic E-state index is 13.8. The fourth-order valence-corrected chi connectivity index (χ4v) is 1.66. The van der Waals surface area contributed by atoms with Crippen LogP contribution in [-0.2, 0) is 13.0 Å². The number of imidazole rings is 1. The van der Waals surface area contributed by atoms with E-state index in [1.165, 1.54) is 6.33 Å². The van der Waals surface area contributed by atoms with Gasteiger partial charge >= 0.3 is 0 Å². The molecular formula is C12H16FN5. The van der Waals surface area contributed by atoms with Gasteiger partial charge in [-0.25, -0.2) is 19.3 Å². The molecule has 96 valence electrons. The number of nitrogens with one attached hydrogen (secondary N) is 1. The van der Waals surface area contributed by atoms with Gasteiger partial charge in [0.15, 0.2) is 11.6 Å². The molecule has 0 radical (unpaired) electrons. The molecule has 2 aromatic rings. The molecule has 0 amide bonds. The molecule has 0 aliphatic rings. The van der Waals surface area contributed by atoms with Gasteiger partial charge in [0.25, 0.3) is 0 Å². The number of nitrogens with zero attached hydrogens (tertiary/aromatic N) is 4. The third kappa shape index (κ3) is 3.03. The molecule has 6 heteroatoms. The quantitative estimate of drug-likeness (QED) is 0.794. The average Bonchev–Trinajstić information content (AvgIpc) is 2.89. The lowest BCUT2D eigenvalue weighted by atomic mass is 10.3. The maximum Gasteiger partial charge on any atom is 0.186 e. The first-order valence-corrected chi connectivity index (χ1v) is 6.00. The van der Waals surface area contributed by atoms with Gasteiger partial charge in [0.1, 0.15) is 6.33 Å². The maximum absolute atomic E-state index is 13.8. The number of halogens is 1. The van der Waals surface area contributed by atoms with E-state index in [9.17, 15) is 4.39 Å². The summed E-state index contributed by atoms with van der Waals surface area (Å²) in [5.41, 5.74) is 0.446. The molecule has 2 heterocycles. The van der Waals surface area contributed by atoms with Crippen molar-refractivity contribution < 1.29 is 4.39 Å². The molecule has 0 aliphatic carbocycles. The van der Waals surface area contributed by atoms with Crippen molar-refractivity contribution >= 4 is 5.82 Å². The highest BCUT2D eigenvalue weighted by molar-refractivity contribution is 5.37. The molecule has 0 bridgehead atoms. The molecule has 0 spiro atoms. The molecule has 2 rings (SSSR count). The van der Waals surface area contributed by atoms with Crippen LogP contribution in [0.2, 0.25) is 0 Å². The Morgan fingerprint density at radius 2 is 2.28 bits per heavy atom. The van der Waals surface area contributed by atoms with Gasteiger partial charge in [0, 0.05) is 25.5 Å². The predicted molar refractivity (Wildman–Crippen MR) is 66.7 cm³/mol. The van der Waals surface area contributed by atoms with Gasteiger partial charge in [-0.1, -0.05) is 6.92 Å². The Balaban J connectivity index is 1.83. The number of aryl methyl sites for hydroxylation is 2. The number of aromatic nitrogens is 4. The van der Waals surface area contributed by atoms with E-state index in [-0.39, 0.29) is 11.6 Å². The summed E-state index contributed by atoms with van der Waals surface area (Å²) in [6.45, 7) is 3.38. The van der Waals surface area contributed by atoms with Gasteiger partial charge in [-0.2, -0.15) is 0 Å². The van der Waals surface area contributed by atoms with Crippen molar-refractivity contribution in [1.29, 1.82) is 0 Å². The summed E-state index contributed by atoms with van der Waals surface area (Å²) >= 11 is 0. The van der Waals surface area contributed by atoms with Gasteiger partial charge < -0.3 is 9.88 Å². The van der Waals surface area contributed by atoms with Crippen molar-refractivity contribution in [2.24, 2.45) is 0 Å². The molecule has 0 unspecified atom stereocenters. The first kappa shape index (κ1) is 12.5. The molecule has 0 atom stereocenters. The standard InChI is InChI=1S/C12H16FN5/c1-2-10-11(13)12(17-8-16-10)15-4-3-6-18-7-5-14-9-18/h5,7-9H,2-4,6H2,1H3,(H,15,16,17). The molecular weight excluding hydrogens is 233 g/mol. The number of rotatable bonds is 6. The van der Waals surface area contributed by atoms with Crippen LogP contribution >= 0.6 is 0 Å². The topological polar surface area (TPSA) is 55.6 Å². The molecule has 1 N–H and O–H groups in total. The van der Waals surface area contributed by atoms with E-state index in [0.29, 0.717) is 18.7 Å². The number of hydrogen-bond acceptors (Lipinski definition) is 4. The highest BCUT2D eigenvalue weighted by Gasteiger charge is 2.08. The van der Waals surface area contributed by atoms with E-state index >= 15 is 0 Å². The molecule has 0 aliphatic heterocycles. The average molecular weight is 249 g/mol. The lowest BCUT2D eigenvalue weighted by molar-refractivity contribution is 0.593. The van der Waals surface area contributed by atoms with Crippen LogP contribution in [0.3, 0.4) is 0 Å². The SMILES string of the molecule is CCc1ncnc(NCCCn2ccnc2)c1F. The van der Waals surface area contributed by atoms with Crippen molar-refractivity contribution in [3.8, 4) is 0 Å². The highest BCUT2D eigenvalue weighted by atomic mass is 19.1. The first-order chi connectivity index (χ1) is 8.81. The van der Waals surface area contributed by atoms with Crippen LogP contribution in [0.1, 0.15) is 19.0 Å². The second-order valence-electron chi connectivity index (χ2n) is 3.92. The van der Waals surface area contributed by atoms with Crippen molar-refractivity contribution in [3.05, 3.63) is 36.6 Å². The summed E-state index contributed by atoms with van der Waals surface area (Å²) in [6, 6.07) is 0. The summed E-state index contributed by atoms with van der Waals surface area (Å²) in [5.74, 6) is -0.0601. The normalized spacial score (nSPS) is 10.6. The molecule has 5 nitrogen and oxygen atoms in total. The minimum Gasteiger partial charge on any atom is -0.367 e. The van der Waals surface area contributed by atoms with E-state index in [2.05, 4.69) is 20.3 Å². The summed E-state index contributed by atoms with van der Waals surface area (Å²) < 4.78 is 15.8. The third-order valence-corrected chi connectivity index (χ3v) is 2.64. The highest BCUT2D eigenvalue weighted by Crippen LogP contribution is 2.12. The Bertz CT molecular complexity index is 483. The van der Waals surface area contributed by atoms with Crippen molar-refractivity contribution in [3.63, 3.8) is 0 Å². The van der Waals surface area contributed by atoms with Crippen LogP contribution in [0.25, 0.3) is 0 Å². The molecule has 18 heavy (non-hydrogen) atoms. The fraction of sp³-hybridized carbons (Fsp3) is 0.417. The molecule has 2 aromatic heterocycles. The molecule has 0 fully saturated rings. The largest absolute Gasteiger partial charge is 0.367 e. The third-order valence-electron chi connectivity index (χ3n) is 2.64. The molecule has 0 aromatic carbocycles. The van der Waals surface area contributed by atoms with Crippen LogP contribution < -0.4 is 5.32 Å². The zero-order valence-corrected chi connectivity index (χ0v) is 10.3. The molecule has 0 saturated heterocycles. The first-order valence-electron chi connectivity index (χ1n) is 6.00. The second-order valence-corrected chi connectivity index (χ2v) is 3.92. The van der Waals surface area contributed by atoms with Crippen molar-refractivity contribution in [2.45, 2.75) is 26.3 Å². The van der Waals surface area contributed by atoms with Crippen LogP contribution in [0.15, 0.2) is 25.0 Å². The fourth-order valence-electron chi connectivity index (χ4n) is 1.66. The zero-order valence-electron chi connectivity index (χ0n) is 10.3. The van der Waals surface area contributed by atoms with Crippen molar-refractivity contribution in [1.82, 2.24) is 19.5 Å². The van der Waals surface area contributed by atoms with E-state index in [1.807, 2.05) is 17.7 Å². The van der Waals surface area contributed by atoms with Crippen molar-refractivity contribution in [2.75, 3.05) is 11.9 Å². The minimum absolute atomic E-state index is 0.285. The zero-order chi connectivity index (χ0) is 12.8. The Morgan fingerprint density at radius 1 is 1.39 bits per heavy atom. The van der Waals surface area contributed by atoms with Gasteiger partial charge in [-0.3, -0.25) is 0 Å². The Labute approximate surface area is 105 Å². The van der Waals surface area contributed by atoms with E-state index < -0.39 is 0 Å².